The lowest BCUT2D eigenvalue weighted by molar-refractivity contribution is -0.143. The number of likely N-dealkylation sites (tertiary alicyclic amines) is 1. The Morgan fingerprint density at radius 1 is 1.00 bits per heavy atom. The van der Waals surface area contributed by atoms with E-state index in [9.17, 15) is 32.4 Å². The van der Waals surface area contributed by atoms with Gasteiger partial charge in [0.15, 0.2) is 9.84 Å². The average Bonchev–Trinajstić information content (AvgIpc) is 3.76. The number of sulfone groups is 1. The SMILES string of the molecule is C#CCCC(NC(=O)[C@@H]1C[C@@H](C2CC2)CN1C(=O)[C@@H](NC(=O)NC1(CS(=O)(=O)C(C)(C)C)CCCCC1)C(C)(C)C)C(=O)C(=O)NCC=C. The van der Waals surface area contributed by atoms with Crippen LogP contribution in [0.3, 0.4) is 0 Å². The third kappa shape index (κ3) is 10.5. The van der Waals surface area contributed by atoms with Crippen LogP contribution in [-0.2, 0) is 29.0 Å². The predicted octanol–water partition coefficient (Wildman–Crippen LogP) is 3.01. The molecule has 1 unspecified atom stereocenters. The second-order valence-corrected chi connectivity index (χ2v) is 18.9. The standard InChI is InChI=1S/C36H57N5O7S/c1-9-11-15-26(28(42)31(44)37-20-10-2)38-30(43)27-21-25(24-16-17-24)22-41(27)32(45)29(34(3,4)5)39-33(46)40-36(18-13-12-14-19-36)23-49(47,48)35(6,7)8/h1,10,24-27,29H,2,11-23H2,3-8H3,(H,37,44)(H,38,43)(H2,39,40,46)/t25-,26?,27+,29-/m1/s1. The van der Waals surface area contributed by atoms with Crippen LogP contribution in [0.15, 0.2) is 12.7 Å². The fourth-order valence-electron chi connectivity index (χ4n) is 6.78. The fraction of sp³-hybridized carbons (Fsp3) is 0.750. The molecule has 4 atom stereocenters. The van der Waals surface area contributed by atoms with E-state index in [-0.39, 0.29) is 31.1 Å². The largest absolute Gasteiger partial charge is 0.346 e. The summed E-state index contributed by atoms with van der Waals surface area (Å²) in [4.78, 5) is 69.0. The highest BCUT2D eigenvalue weighted by Crippen LogP contribution is 2.44. The number of ketones is 1. The lowest BCUT2D eigenvalue weighted by Gasteiger charge is -2.41. The van der Waals surface area contributed by atoms with Gasteiger partial charge in [-0.3, -0.25) is 19.2 Å². The van der Waals surface area contributed by atoms with Crippen LogP contribution in [0.5, 0.6) is 0 Å². The van der Waals surface area contributed by atoms with Crippen molar-refractivity contribution in [1.29, 1.82) is 0 Å². The number of nitrogens with zero attached hydrogens (tertiary/aromatic N) is 1. The monoisotopic (exact) mass is 703 g/mol. The molecule has 274 valence electrons. The van der Waals surface area contributed by atoms with Crippen molar-refractivity contribution in [2.75, 3.05) is 18.8 Å². The third-order valence-corrected chi connectivity index (χ3v) is 12.8. The first-order valence-electron chi connectivity index (χ1n) is 17.5. The van der Waals surface area contributed by atoms with E-state index in [1.807, 2.05) is 20.8 Å². The van der Waals surface area contributed by atoms with Crippen LogP contribution in [0.2, 0.25) is 0 Å². The zero-order chi connectivity index (χ0) is 36.8. The molecular formula is C36H57N5O7S. The zero-order valence-corrected chi connectivity index (χ0v) is 31.0. The van der Waals surface area contributed by atoms with Gasteiger partial charge in [-0.25, -0.2) is 13.2 Å². The lowest BCUT2D eigenvalue weighted by Crippen LogP contribution is -2.63. The van der Waals surface area contributed by atoms with Crippen LogP contribution < -0.4 is 21.3 Å². The quantitative estimate of drug-likeness (QED) is 0.122. The summed E-state index contributed by atoms with van der Waals surface area (Å²) in [5, 5.41) is 11.0. The number of nitrogens with one attached hydrogen (secondary N) is 4. The van der Waals surface area contributed by atoms with Crippen molar-refractivity contribution in [3.05, 3.63) is 12.7 Å². The topological polar surface area (TPSA) is 171 Å². The molecule has 0 aromatic rings. The van der Waals surface area contributed by atoms with Crippen molar-refractivity contribution in [1.82, 2.24) is 26.2 Å². The number of amides is 5. The van der Waals surface area contributed by atoms with Crippen LogP contribution in [-0.4, -0.2) is 90.1 Å². The molecule has 3 rings (SSSR count). The van der Waals surface area contributed by atoms with E-state index in [0.29, 0.717) is 31.7 Å². The van der Waals surface area contributed by atoms with Crippen molar-refractivity contribution >= 4 is 39.4 Å². The number of hydrogen-bond donors (Lipinski definition) is 4. The molecule has 0 bridgehead atoms. The number of Topliss-reactive ketones (excluding diaryl/α,β-unsaturated/α-hetero) is 1. The maximum Gasteiger partial charge on any atom is 0.315 e. The summed E-state index contributed by atoms with van der Waals surface area (Å²) >= 11 is 0. The van der Waals surface area contributed by atoms with Gasteiger partial charge in [-0.15, -0.1) is 18.9 Å². The maximum atomic E-state index is 14.4. The molecule has 1 heterocycles. The highest BCUT2D eigenvalue weighted by molar-refractivity contribution is 7.92. The Labute approximate surface area is 292 Å². The molecule has 2 aliphatic carbocycles. The number of hydrogen-bond acceptors (Lipinski definition) is 7. The van der Waals surface area contributed by atoms with Gasteiger partial charge in [0.1, 0.15) is 12.1 Å². The highest BCUT2D eigenvalue weighted by Gasteiger charge is 2.49. The summed E-state index contributed by atoms with van der Waals surface area (Å²) in [5.41, 5.74) is -1.75. The molecule has 0 spiro atoms. The molecule has 49 heavy (non-hydrogen) atoms. The number of rotatable bonds is 14. The van der Waals surface area contributed by atoms with Crippen LogP contribution in [0.4, 0.5) is 4.79 Å². The van der Waals surface area contributed by atoms with E-state index < -0.39 is 73.2 Å². The molecule has 3 aliphatic rings. The molecule has 0 aromatic carbocycles. The normalized spacial score (nSPS) is 22.2. The lowest BCUT2D eigenvalue weighted by atomic mass is 9.83. The van der Waals surface area contributed by atoms with Gasteiger partial charge in [-0.05, 0) is 76.5 Å². The minimum Gasteiger partial charge on any atom is -0.346 e. The van der Waals surface area contributed by atoms with Crippen molar-refractivity contribution in [2.24, 2.45) is 17.3 Å². The summed E-state index contributed by atoms with van der Waals surface area (Å²) < 4.78 is 25.6. The van der Waals surface area contributed by atoms with Gasteiger partial charge < -0.3 is 26.2 Å². The fourth-order valence-corrected chi connectivity index (χ4v) is 8.30. The highest BCUT2D eigenvalue weighted by atomic mass is 32.2. The van der Waals surface area contributed by atoms with E-state index in [2.05, 4.69) is 33.8 Å². The maximum absolute atomic E-state index is 14.4. The van der Waals surface area contributed by atoms with E-state index >= 15 is 0 Å². The summed E-state index contributed by atoms with van der Waals surface area (Å²) in [5.74, 6) is -0.0305. The average molecular weight is 704 g/mol. The Morgan fingerprint density at radius 2 is 1.63 bits per heavy atom. The van der Waals surface area contributed by atoms with Crippen LogP contribution in [0, 0.1) is 29.6 Å². The van der Waals surface area contributed by atoms with Crippen molar-refractivity contribution in [3.8, 4) is 12.3 Å². The van der Waals surface area contributed by atoms with Crippen molar-refractivity contribution in [2.45, 2.75) is 134 Å². The minimum absolute atomic E-state index is 0.0499. The first kappa shape index (κ1) is 40.0. The van der Waals surface area contributed by atoms with E-state index in [4.69, 9.17) is 6.42 Å². The molecule has 1 aliphatic heterocycles. The van der Waals surface area contributed by atoms with E-state index in [1.54, 1.807) is 20.8 Å². The summed E-state index contributed by atoms with van der Waals surface area (Å²) in [6, 6.07) is -3.79. The van der Waals surface area contributed by atoms with E-state index in [0.717, 1.165) is 32.1 Å². The van der Waals surface area contributed by atoms with Crippen molar-refractivity contribution in [3.63, 3.8) is 0 Å². The molecule has 0 aromatic heterocycles. The van der Waals surface area contributed by atoms with Gasteiger partial charge in [0.2, 0.25) is 17.6 Å². The Balaban J connectivity index is 1.85. The molecule has 4 N–H and O–H groups in total. The molecule has 2 saturated carbocycles. The number of carbonyl (C=O) groups is 5. The van der Waals surface area contributed by atoms with Crippen LogP contribution in [0.1, 0.15) is 106 Å². The summed E-state index contributed by atoms with van der Waals surface area (Å²) in [6.07, 6.45) is 12.9. The van der Waals surface area contributed by atoms with Crippen molar-refractivity contribution < 1.29 is 32.4 Å². The van der Waals surface area contributed by atoms with Gasteiger partial charge >= 0.3 is 6.03 Å². The Kier molecular flexibility index (Phi) is 13.1. The third-order valence-electron chi connectivity index (χ3n) is 10.0. The van der Waals surface area contributed by atoms with Gasteiger partial charge in [0, 0.05) is 19.5 Å². The van der Waals surface area contributed by atoms with Gasteiger partial charge in [0.25, 0.3) is 5.91 Å². The minimum atomic E-state index is -3.57. The van der Waals surface area contributed by atoms with Crippen LogP contribution in [0.25, 0.3) is 0 Å². The Morgan fingerprint density at radius 3 is 2.16 bits per heavy atom. The molecule has 12 nitrogen and oxygen atoms in total. The second-order valence-electron chi connectivity index (χ2n) is 16.1. The number of urea groups is 1. The van der Waals surface area contributed by atoms with Gasteiger partial charge in [0.05, 0.1) is 22.1 Å². The Hall–Kier alpha value is -3.40. The first-order valence-corrected chi connectivity index (χ1v) is 19.2. The molecule has 0 radical (unpaired) electrons. The molecular weight excluding hydrogens is 646 g/mol. The number of carbonyl (C=O) groups excluding carboxylic acids is 5. The Bertz CT molecular complexity index is 1410. The summed E-state index contributed by atoms with van der Waals surface area (Å²) in [6.45, 7) is 14.3. The van der Waals surface area contributed by atoms with Gasteiger partial charge in [-0.1, -0.05) is 46.1 Å². The van der Waals surface area contributed by atoms with Crippen LogP contribution >= 0.6 is 0 Å². The number of terminal acetylenes is 1. The molecule has 5 amide bonds. The zero-order valence-electron chi connectivity index (χ0n) is 30.2. The smallest absolute Gasteiger partial charge is 0.315 e. The predicted molar refractivity (Wildman–Crippen MR) is 189 cm³/mol. The van der Waals surface area contributed by atoms with E-state index in [1.165, 1.54) is 11.0 Å². The van der Waals surface area contributed by atoms with Gasteiger partial charge in [-0.2, -0.15) is 0 Å². The second kappa shape index (κ2) is 16.1. The molecule has 13 heteroatoms. The summed E-state index contributed by atoms with van der Waals surface area (Å²) in [7, 11) is -3.57. The molecule has 1 saturated heterocycles. The first-order chi connectivity index (χ1) is 22.7. The molecule has 3 fully saturated rings.